The smallest absolute Gasteiger partial charge is 0.189 e. The number of hydrogen-bond acceptors (Lipinski definition) is 6. The van der Waals surface area contributed by atoms with E-state index in [2.05, 4.69) is 78.4 Å². The summed E-state index contributed by atoms with van der Waals surface area (Å²) >= 11 is 1.70. The first-order valence-corrected chi connectivity index (χ1v) is 13.0. The van der Waals surface area contributed by atoms with E-state index in [1.54, 1.807) is 11.3 Å². The number of aryl methyl sites for hydroxylation is 3. The summed E-state index contributed by atoms with van der Waals surface area (Å²) in [6.45, 7) is 11.9. The number of thiazole rings is 1. The first-order chi connectivity index (χ1) is 16.4. The van der Waals surface area contributed by atoms with E-state index in [4.69, 9.17) is 9.97 Å². The summed E-state index contributed by atoms with van der Waals surface area (Å²) in [5.74, 6) is 2.48. The van der Waals surface area contributed by atoms with E-state index in [1.165, 1.54) is 47.3 Å². The quantitative estimate of drug-likeness (QED) is 0.344. The van der Waals surface area contributed by atoms with Crippen molar-refractivity contribution in [2.45, 2.75) is 53.5 Å². The number of aromatic nitrogens is 3. The second-order valence-corrected chi connectivity index (χ2v) is 10.8. The van der Waals surface area contributed by atoms with Crippen molar-refractivity contribution in [3.05, 3.63) is 76.2 Å². The third kappa shape index (κ3) is 5.29. The van der Waals surface area contributed by atoms with Crippen LogP contribution in [0.25, 0.3) is 10.2 Å². The highest BCUT2D eigenvalue weighted by Gasteiger charge is 2.17. The molecule has 1 aliphatic rings. The fourth-order valence-electron chi connectivity index (χ4n) is 4.66. The largest absolute Gasteiger partial charge is 0.316 e. The molecule has 0 aliphatic carbocycles. The molecule has 1 N–H and O–H groups in total. The van der Waals surface area contributed by atoms with Gasteiger partial charge in [0.15, 0.2) is 5.13 Å². The van der Waals surface area contributed by atoms with Crippen molar-refractivity contribution in [1.82, 2.24) is 19.9 Å². The molecule has 0 saturated carbocycles. The van der Waals surface area contributed by atoms with Gasteiger partial charge in [-0.2, -0.15) is 0 Å². The summed E-state index contributed by atoms with van der Waals surface area (Å²) in [5, 5.41) is 4.40. The monoisotopic (exact) mass is 471 g/mol. The summed E-state index contributed by atoms with van der Waals surface area (Å²) in [6, 6.07) is 15.4. The van der Waals surface area contributed by atoms with Crippen LogP contribution in [0.4, 0.5) is 10.9 Å². The lowest BCUT2D eigenvalue weighted by Crippen LogP contribution is -2.32. The van der Waals surface area contributed by atoms with Crippen molar-refractivity contribution < 1.29 is 0 Å². The maximum absolute atomic E-state index is 4.86. The molecular weight excluding hydrogens is 438 g/mol. The SMILES string of the molecule is Cc1ccc(Cc2c(C)nc(C)nc2Nc2nc3ccc(CN4CCC(C)CC4)cc3s2)cc1. The Hall–Kier alpha value is -2.83. The van der Waals surface area contributed by atoms with Crippen molar-refractivity contribution in [1.29, 1.82) is 0 Å². The number of hydrogen-bond donors (Lipinski definition) is 1. The minimum atomic E-state index is 0.770. The van der Waals surface area contributed by atoms with E-state index >= 15 is 0 Å². The zero-order valence-electron chi connectivity index (χ0n) is 20.6. The fraction of sp³-hybridized carbons (Fsp3) is 0.393. The van der Waals surface area contributed by atoms with E-state index in [0.717, 1.165) is 52.4 Å². The molecular formula is C28H33N5S. The lowest BCUT2D eigenvalue weighted by Gasteiger charge is -2.30. The molecule has 0 atom stereocenters. The Balaban J connectivity index is 1.37. The number of nitrogens with one attached hydrogen (secondary N) is 1. The standard InChI is InChI=1S/C28H33N5S/c1-18-5-7-22(8-6-18)15-24-20(3)29-21(4)30-27(24)32-28-31-25-10-9-23(16-26(25)34-28)17-33-13-11-19(2)12-14-33/h5-10,16,19H,11-15,17H2,1-4H3,(H,29,30,31,32). The predicted molar refractivity (Wildman–Crippen MR) is 142 cm³/mol. The highest BCUT2D eigenvalue weighted by Crippen LogP contribution is 2.31. The van der Waals surface area contributed by atoms with Crippen LogP contribution in [0.5, 0.6) is 0 Å². The van der Waals surface area contributed by atoms with E-state index in [-0.39, 0.29) is 0 Å². The van der Waals surface area contributed by atoms with Crippen LogP contribution < -0.4 is 5.32 Å². The van der Waals surface area contributed by atoms with Gasteiger partial charge in [0.05, 0.1) is 10.2 Å². The van der Waals surface area contributed by atoms with Gasteiger partial charge in [0.1, 0.15) is 11.6 Å². The molecule has 4 aromatic rings. The van der Waals surface area contributed by atoms with Gasteiger partial charge in [-0.25, -0.2) is 15.0 Å². The molecule has 1 aliphatic heterocycles. The number of rotatable bonds is 6. The van der Waals surface area contributed by atoms with Gasteiger partial charge in [0, 0.05) is 24.2 Å². The predicted octanol–water partition coefficient (Wildman–Crippen LogP) is 6.58. The topological polar surface area (TPSA) is 53.9 Å². The lowest BCUT2D eigenvalue weighted by molar-refractivity contribution is 0.185. The second kappa shape index (κ2) is 9.80. The zero-order chi connectivity index (χ0) is 23.7. The number of likely N-dealkylation sites (tertiary alicyclic amines) is 1. The first-order valence-electron chi connectivity index (χ1n) is 12.2. The van der Waals surface area contributed by atoms with Gasteiger partial charge >= 0.3 is 0 Å². The highest BCUT2D eigenvalue weighted by molar-refractivity contribution is 7.22. The van der Waals surface area contributed by atoms with Crippen LogP contribution in [-0.2, 0) is 13.0 Å². The Bertz CT molecular complexity index is 1290. The maximum Gasteiger partial charge on any atom is 0.189 e. The molecule has 3 heterocycles. The molecule has 2 aromatic carbocycles. The van der Waals surface area contributed by atoms with E-state index in [0.29, 0.717) is 0 Å². The Morgan fingerprint density at radius 3 is 2.44 bits per heavy atom. The molecule has 0 spiro atoms. The van der Waals surface area contributed by atoms with E-state index in [1.807, 2.05) is 6.92 Å². The Labute approximate surface area is 206 Å². The maximum atomic E-state index is 4.86. The normalized spacial score (nSPS) is 15.2. The Morgan fingerprint density at radius 2 is 1.68 bits per heavy atom. The molecule has 0 amide bonds. The number of anilines is 2. The molecule has 0 unspecified atom stereocenters. The van der Waals surface area contributed by atoms with Gasteiger partial charge in [-0.15, -0.1) is 0 Å². The van der Waals surface area contributed by atoms with Gasteiger partial charge in [0.2, 0.25) is 0 Å². The summed E-state index contributed by atoms with van der Waals surface area (Å²) in [6.07, 6.45) is 3.40. The number of benzene rings is 2. The molecule has 6 heteroatoms. The van der Waals surface area contributed by atoms with Crippen LogP contribution in [0, 0.1) is 26.7 Å². The highest BCUT2D eigenvalue weighted by atomic mass is 32.1. The van der Waals surface area contributed by atoms with Gasteiger partial charge in [-0.05, 0) is 75.9 Å². The molecule has 0 radical (unpaired) electrons. The molecule has 0 bridgehead atoms. The van der Waals surface area contributed by atoms with Gasteiger partial charge in [-0.3, -0.25) is 4.90 Å². The van der Waals surface area contributed by atoms with Crippen molar-refractivity contribution in [2.24, 2.45) is 5.92 Å². The molecule has 34 heavy (non-hydrogen) atoms. The van der Waals surface area contributed by atoms with Gasteiger partial charge in [0.25, 0.3) is 0 Å². The molecule has 1 saturated heterocycles. The average Bonchev–Trinajstić information content (AvgIpc) is 3.20. The van der Waals surface area contributed by atoms with Gasteiger partial charge < -0.3 is 5.32 Å². The fourth-order valence-corrected chi connectivity index (χ4v) is 5.59. The molecule has 176 valence electrons. The third-order valence-electron chi connectivity index (χ3n) is 6.79. The van der Waals surface area contributed by atoms with Crippen LogP contribution >= 0.6 is 11.3 Å². The van der Waals surface area contributed by atoms with Crippen LogP contribution in [0.15, 0.2) is 42.5 Å². The summed E-state index contributed by atoms with van der Waals surface area (Å²) in [5.41, 5.74) is 7.05. The average molecular weight is 472 g/mol. The second-order valence-electron chi connectivity index (χ2n) is 9.75. The number of nitrogens with zero attached hydrogens (tertiary/aromatic N) is 4. The third-order valence-corrected chi connectivity index (χ3v) is 7.72. The Kier molecular flexibility index (Phi) is 6.61. The summed E-state index contributed by atoms with van der Waals surface area (Å²) in [4.78, 5) is 16.8. The lowest BCUT2D eigenvalue weighted by atomic mass is 9.99. The molecule has 1 fully saturated rings. The summed E-state index contributed by atoms with van der Waals surface area (Å²) < 4.78 is 1.22. The van der Waals surface area contributed by atoms with Crippen molar-refractivity contribution >= 4 is 32.5 Å². The number of fused-ring (bicyclic) bond motifs is 1. The van der Waals surface area contributed by atoms with Crippen LogP contribution in [0.3, 0.4) is 0 Å². The van der Waals surface area contributed by atoms with E-state index < -0.39 is 0 Å². The molecule has 5 nitrogen and oxygen atoms in total. The van der Waals surface area contributed by atoms with E-state index in [9.17, 15) is 0 Å². The van der Waals surface area contributed by atoms with Crippen LogP contribution in [-0.4, -0.2) is 32.9 Å². The Morgan fingerprint density at radius 1 is 0.941 bits per heavy atom. The molecule has 2 aromatic heterocycles. The van der Waals surface area contributed by atoms with Crippen molar-refractivity contribution in [3.63, 3.8) is 0 Å². The van der Waals surface area contributed by atoms with Crippen molar-refractivity contribution in [3.8, 4) is 0 Å². The number of piperidine rings is 1. The van der Waals surface area contributed by atoms with Crippen molar-refractivity contribution in [2.75, 3.05) is 18.4 Å². The first kappa shape index (κ1) is 22.9. The minimum Gasteiger partial charge on any atom is -0.316 e. The molecule has 5 rings (SSSR count). The zero-order valence-corrected chi connectivity index (χ0v) is 21.4. The summed E-state index contributed by atoms with van der Waals surface area (Å²) in [7, 11) is 0. The minimum absolute atomic E-state index is 0.770. The van der Waals surface area contributed by atoms with Gasteiger partial charge in [-0.1, -0.05) is 54.2 Å². The van der Waals surface area contributed by atoms with Crippen LogP contribution in [0.2, 0.25) is 0 Å². The van der Waals surface area contributed by atoms with Crippen LogP contribution in [0.1, 0.15) is 53.5 Å².